The molecule has 1 amide bonds. The van der Waals surface area contributed by atoms with Crippen molar-refractivity contribution in [2.45, 2.75) is 39.2 Å². The number of aliphatic hydroxyl groups is 1. The van der Waals surface area contributed by atoms with Gasteiger partial charge in [0.25, 0.3) is 5.78 Å². The molecule has 0 unspecified atom stereocenters. The predicted molar refractivity (Wildman–Crippen MR) is 126 cm³/mol. The van der Waals surface area contributed by atoms with Gasteiger partial charge in [-0.2, -0.15) is 0 Å². The van der Waals surface area contributed by atoms with Gasteiger partial charge in [0.2, 0.25) is 5.13 Å². The molecule has 164 valence electrons. The van der Waals surface area contributed by atoms with Gasteiger partial charge in [-0.05, 0) is 47.7 Å². The quantitative estimate of drug-likeness (QED) is 0.315. The summed E-state index contributed by atoms with van der Waals surface area (Å²) < 4.78 is 0. The average molecular weight is 468 g/mol. The fourth-order valence-corrected chi connectivity index (χ4v) is 4.50. The molecule has 0 saturated carbocycles. The maximum Gasteiger partial charge on any atom is 0.301 e. The number of rotatable bonds is 3. The van der Waals surface area contributed by atoms with Crippen molar-refractivity contribution >= 4 is 45.5 Å². The molecule has 1 aliphatic rings. The van der Waals surface area contributed by atoms with Crippen LogP contribution in [0, 0.1) is 6.92 Å². The first-order chi connectivity index (χ1) is 15.1. The Morgan fingerprint density at radius 3 is 2.19 bits per heavy atom. The van der Waals surface area contributed by atoms with E-state index in [0.29, 0.717) is 26.3 Å². The lowest BCUT2D eigenvalue weighted by Crippen LogP contribution is -2.29. The third-order valence-electron chi connectivity index (χ3n) is 5.38. The highest BCUT2D eigenvalue weighted by Gasteiger charge is 2.48. The number of nitrogens with zero attached hydrogens (tertiary/aromatic N) is 3. The highest BCUT2D eigenvalue weighted by atomic mass is 35.5. The minimum absolute atomic E-state index is 0.00804. The SMILES string of the molecule is Cc1nnc(N2C(=O)C(=O)/C(=C(/O)c3ccc(Cl)cc3)[C@@H]2c2ccc(C(C)(C)C)cc2)s1. The smallest absolute Gasteiger partial charge is 0.301 e. The summed E-state index contributed by atoms with van der Waals surface area (Å²) in [6, 6.07) is 13.3. The lowest BCUT2D eigenvalue weighted by Gasteiger charge is -2.24. The number of anilines is 1. The van der Waals surface area contributed by atoms with Gasteiger partial charge in [-0.1, -0.05) is 68.0 Å². The lowest BCUT2D eigenvalue weighted by atomic mass is 9.85. The highest BCUT2D eigenvalue weighted by molar-refractivity contribution is 7.15. The van der Waals surface area contributed by atoms with Crippen molar-refractivity contribution < 1.29 is 14.7 Å². The maximum atomic E-state index is 13.1. The second-order valence-corrected chi connectivity index (χ2v) is 10.2. The van der Waals surface area contributed by atoms with E-state index in [1.807, 2.05) is 24.3 Å². The first-order valence-corrected chi connectivity index (χ1v) is 11.2. The van der Waals surface area contributed by atoms with Gasteiger partial charge in [-0.3, -0.25) is 14.5 Å². The molecule has 1 saturated heterocycles. The molecule has 6 nitrogen and oxygen atoms in total. The van der Waals surface area contributed by atoms with Gasteiger partial charge in [0.1, 0.15) is 10.8 Å². The summed E-state index contributed by atoms with van der Waals surface area (Å²) in [6.07, 6.45) is 0. The van der Waals surface area contributed by atoms with Crippen LogP contribution in [0.4, 0.5) is 5.13 Å². The van der Waals surface area contributed by atoms with E-state index >= 15 is 0 Å². The Morgan fingerprint density at radius 1 is 1.03 bits per heavy atom. The third kappa shape index (κ3) is 3.94. The lowest BCUT2D eigenvalue weighted by molar-refractivity contribution is -0.132. The van der Waals surface area contributed by atoms with Crippen LogP contribution in [0.25, 0.3) is 5.76 Å². The number of aliphatic hydroxyl groups excluding tert-OH is 1. The average Bonchev–Trinajstić information content (AvgIpc) is 3.28. The normalized spacial score (nSPS) is 18.4. The fourth-order valence-electron chi connectivity index (χ4n) is 3.66. The standard InChI is InChI=1S/C24H22ClN3O3S/c1-13-26-27-23(32-13)28-19(14-5-9-16(10-6-14)24(2,3)4)18(21(30)22(28)31)20(29)15-7-11-17(25)12-8-15/h5-12,19,29H,1-4H3/b20-18+/t19-/m0/s1. The molecule has 2 heterocycles. The van der Waals surface area contributed by atoms with Crippen LogP contribution in [0.3, 0.4) is 0 Å². The zero-order chi connectivity index (χ0) is 23.2. The van der Waals surface area contributed by atoms with E-state index in [2.05, 4.69) is 31.0 Å². The molecule has 0 spiro atoms. The minimum atomic E-state index is -0.827. The Bertz CT molecular complexity index is 1220. The van der Waals surface area contributed by atoms with Gasteiger partial charge in [-0.15, -0.1) is 10.2 Å². The summed E-state index contributed by atoms with van der Waals surface area (Å²) >= 11 is 7.19. The monoisotopic (exact) mass is 467 g/mol. The second kappa shape index (κ2) is 8.15. The van der Waals surface area contributed by atoms with Gasteiger partial charge < -0.3 is 5.11 Å². The Hall–Kier alpha value is -3.03. The van der Waals surface area contributed by atoms with E-state index in [1.54, 1.807) is 31.2 Å². The predicted octanol–water partition coefficient (Wildman–Crippen LogP) is 5.42. The summed E-state index contributed by atoms with van der Waals surface area (Å²) in [5, 5.41) is 20.7. The molecule has 1 atom stereocenters. The first kappa shape index (κ1) is 22.2. The Balaban J connectivity index is 1.91. The van der Waals surface area contributed by atoms with Gasteiger partial charge >= 0.3 is 5.91 Å². The van der Waals surface area contributed by atoms with Gasteiger partial charge in [0.05, 0.1) is 11.6 Å². The van der Waals surface area contributed by atoms with Crippen LogP contribution in [0.5, 0.6) is 0 Å². The number of carbonyl (C=O) groups is 2. The number of benzene rings is 2. The highest BCUT2D eigenvalue weighted by Crippen LogP contribution is 2.43. The van der Waals surface area contributed by atoms with E-state index in [9.17, 15) is 14.7 Å². The molecule has 4 rings (SSSR count). The van der Waals surface area contributed by atoms with E-state index in [4.69, 9.17) is 11.6 Å². The molecule has 0 aliphatic carbocycles. The molecule has 3 aromatic rings. The molecule has 1 aliphatic heterocycles. The van der Waals surface area contributed by atoms with Crippen LogP contribution in [0.2, 0.25) is 5.02 Å². The van der Waals surface area contributed by atoms with Crippen LogP contribution >= 0.6 is 22.9 Å². The largest absolute Gasteiger partial charge is 0.507 e. The maximum absolute atomic E-state index is 13.1. The molecule has 0 radical (unpaired) electrons. The van der Waals surface area contributed by atoms with E-state index in [0.717, 1.165) is 5.56 Å². The van der Waals surface area contributed by atoms with E-state index in [1.165, 1.54) is 16.2 Å². The van der Waals surface area contributed by atoms with Crippen LogP contribution in [-0.2, 0) is 15.0 Å². The van der Waals surface area contributed by atoms with Crippen molar-refractivity contribution in [2.75, 3.05) is 4.90 Å². The Labute approximate surface area is 195 Å². The van der Waals surface area contributed by atoms with Crippen LogP contribution in [0.15, 0.2) is 54.1 Å². The minimum Gasteiger partial charge on any atom is -0.507 e. The molecule has 32 heavy (non-hydrogen) atoms. The number of aromatic nitrogens is 2. The summed E-state index contributed by atoms with van der Waals surface area (Å²) in [5.74, 6) is -1.77. The molecule has 2 aromatic carbocycles. The second-order valence-electron chi connectivity index (χ2n) is 8.65. The van der Waals surface area contributed by atoms with E-state index < -0.39 is 17.7 Å². The molecule has 0 bridgehead atoms. The van der Waals surface area contributed by atoms with Crippen molar-refractivity contribution in [1.82, 2.24) is 10.2 Å². The number of ketones is 1. The summed E-state index contributed by atoms with van der Waals surface area (Å²) in [5.41, 5.74) is 2.16. The molecule has 1 aromatic heterocycles. The molecular formula is C24H22ClN3O3S. The number of Topliss-reactive ketones (excluding diaryl/α,β-unsaturated/α-hetero) is 1. The van der Waals surface area contributed by atoms with Crippen molar-refractivity contribution in [2.24, 2.45) is 0 Å². The van der Waals surface area contributed by atoms with Crippen molar-refractivity contribution in [1.29, 1.82) is 0 Å². The van der Waals surface area contributed by atoms with Gasteiger partial charge in [0, 0.05) is 10.6 Å². The van der Waals surface area contributed by atoms with E-state index in [-0.39, 0.29) is 16.7 Å². The molecule has 1 N–H and O–H groups in total. The van der Waals surface area contributed by atoms with Crippen LogP contribution in [0.1, 0.15) is 48.5 Å². The van der Waals surface area contributed by atoms with Gasteiger partial charge in [-0.25, -0.2) is 0 Å². The number of carbonyl (C=O) groups excluding carboxylic acids is 2. The van der Waals surface area contributed by atoms with Crippen molar-refractivity contribution in [3.63, 3.8) is 0 Å². The van der Waals surface area contributed by atoms with Gasteiger partial charge in [0.15, 0.2) is 0 Å². The third-order valence-corrected chi connectivity index (χ3v) is 6.47. The topological polar surface area (TPSA) is 83.4 Å². The number of hydrogen-bond donors (Lipinski definition) is 1. The summed E-state index contributed by atoms with van der Waals surface area (Å²) in [6.45, 7) is 8.11. The zero-order valence-corrected chi connectivity index (χ0v) is 19.7. The number of hydrogen-bond acceptors (Lipinski definition) is 6. The summed E-state index contributed by atoms with van der Waals surface area (Å²) in [4.78, 5) is 27.5. The van der Waals surface area contributed by atoms with Crippen molar-refractivity contribution in [3.8, 4) is 0 Å². The Kier molecular flexibility index (Phi) is 5.65. The first-order valence-electron chi connectivity index (χ1n) is 10.1. The van der Waals surface area contributed by atoms with Crippen LogP contribution in [-0.4, -0.2) is 27.0 Å². The zero-order valence-electron chi connectivity index (χ0n) is 18.1. The number of halogens is 1. The molecule has 1 fully saturated rings. The number of amides is 1. The fraction of sp³-hybridized carbons (Fsp3) is 0.250. The molecular weight excluding hydrogens is 446 g/mol. The Morgan fingerprint density at radius 2 is 1.66 bits per heavy atom. The van der Waals surface area contributed by atoms with Crippen molar-refractivity contribution in [3.05, 3.63) is 80.8 Å². The molecule has 8 heteroatoms. The van der Waals surface area contributed by atoms with Crippen LogP contribution < -0.4 is 4.90 Å². The summed E-state index contributed by atoms with van der Waals surface area (Å²) in [7, 11) is 0. The number of aryl methyl sites for hydroxylation is 1.